The van der Waals surface area contributed by atoms with Gasteiger partial charge in [-0.3, -0.25) is 15.1 Å². The number of halogens is 5. The Balaban J connectivity index is 1.67. The largest absolute Gasteiger partial charge is 0.419 e. The first-order valence-electron chi connectivity index (χ1n) is 11.3. The van der Waals surface area contributed by atoms with Crippen LogP contribution in [0.2, 0.25) is 0 Å². The second-order valence-electron chi connectivity index (χ2n) is 10.3. The van der Waals surface area contributed by atoms with Crippen molar-refractivity contribution in [1.29, 1.82) is 5.41 Å². The van der Waals surface area contributed by atoms with E-state index in [4.69, 9.17) is 11.1 Å². The first-order chi connectivity index (χ1) is 15.7. The highest BCUT2D eigenvalue weighted by Gasteiger charge is 2.41. The Morgan fingerprint density at radius 2 is 1.74 bits per heavy atom. The third-order valence-electron chi connectivity index (χ3n) is 6.31. The molecule has 34 heavy (non-hydrogen) atoms. The van der Waals surface area contributed by atoms with E-state index in [1.807, 2.05) is 0 Å². The van der Waals surface area contributed by atoms with Crippen molar-refractivity contribution >= 4 is 11.6 Å². The molecule has 2 aliphatic heterocycles. The molecule has 1 fully saturated rings. The number of nitrogens with two attached hydrogens (primary N) is 1. The zero-order valence-electron chi connectivity index (χ0n) is 19.7. The monoisotopic (exact) mass is 486 g/mol. The van der Waals surface area contributed by atoms with Gasteiger partial charge in [-0.25, -0.2) is 8.78 Å². The molecule has 0 spiro atoms. The minimum atomic E-state index is -5.03. The Bertz CT molecular complexity index is 988. The first kappa shape index (κ1) is 26.1. The van der Waals surface area contributed by atoms with Crippen LogP contribution in [0.25, 0.3) is 0 Å². The minimum Gasteiger partial charge on any atom is -0.401 e. The number of rotatable bonds is 4. The van der Waals surface area contributed by atoms with Gasteiger partial charge in [-0.1, -0.05) is 26.8 Å². The fraction of sp³-hybridized carbons (Fsp3) is 0.583. The molecule has 0 saturated carbocycles. The lowest BCUT2D eigenvalue weighted by Crippen LogP contribution is -2.45. The van der Waals surface area contributed by atoms with Crippen LogP contribution in [0.5, 0.6) is 0 Å². The Kier molecular flexibility index (Phi) is 7.40. The van der Waals surface area contributed by atoms with Crippen molar-refractivity contribution in [2.75, 3.05) is 32.7 Å². The highest BCUT2D eigenvalue weighted by Crippen LogP contribution is 2.41. The molecular weight excluding hydrogens is 455 g/mol. The molecule has 0 bridgehead atoms. The van der Waals surface area contributed by atoms with Crippen LogP contribution in [0.4, 0.5) is 22.0 Å². The van der Waals surface area contributed by atoms with Gasteiger partial charge in [0.15, 0.2) is 11.6 Å². The highest BCUT2D eigenvalue weighted by molar-refractivity contribution is 6.44. The molecular formula is C24H31F5N4O. The summed E-state index contributed by atoms with van der Waals surface area (Å²) in [6.07, 6.45) is -4.24. The number of nitrogens with one attached hydrogen (secondary N) is 1. The van der Waals surface area contributed by atoms with Crippen molar-refractivity contribution in [2.24, 2.45) is 11.1 Å². The summed E-state index contributed by atoms with van der Waals surface area (Å²) < 4.78 is 67.6. The average Bonchev–Trinajstić information content (AvgIpc) is 2.73. The van der Waals surface area contributed by atoms with Gasteiger partial charge in [0.2, 0.25) is 0 Å². The molecule has 1 aromatic rings. The van der Waals surface area contributed by atoms with E-state index in [0.29, 0.717) is 36.8 Å². The molecule has 0 aliphatic carbocycles. The van der Waals surface area contributed by atoms with Crippen molar-refractivity contribution in [1.82, 2.24) is 9.80 Å². The van der Waals surface area contributed by atoms with E-state index < -0.39 is 35.2 Å². The first-order valence-corrected chi connectivity index (χ1v) is 11.3. The van der Waals surface area contributed by atoms with Gasteiger partial charge in [0.05, 0.1) is 5.56 Å². The van der Waals surface area contributed by atoms with Gasteiger partial charge >= 0.3 is 6.18 Å². The molecule has 3 N–H and O–H groups in total. The SMILES string of the molecule is CC(C)(C)CN1CCC(C(=N)C(=O)N2CCC(c3ccc(F)c(F)c3C(F)(F)F)CC2)=C(N)C1. The van der Waals surface area contributed by atoms with Crippen LogP contribution >= 0.6 is 0 Å². The lowest BCUT2D eigenvalue weighted by molar-refractivity contribution is -0.141. The van der Waals surface area contributed by atoms with Crippen molar-refractivity contribution in [3.8, 4) is 0 Å². The van der Waals surface area contributed by atoms with Crippen LogP contribution in [0.15, 0.2) is 23.4 Å². The Hall–Kier alpha value is -2.49. The Morgan fingerprint density at radius 3 is 2.26 bits per heavy atom. The van der Waals surface area contributed by atoms with Gasteiger partial charge in [-0.2, -0.15) is 13.2 Å². The van der Waals surface area contributed by atoms with Gasteiger partial charge in [-0.05, 0) is 42.2 Å². The van der Waals surface area contributed by atoms with E-state index in [0.717, 1.165) is 12.6 Å². The zero-order chi connectivity index (χ0) is 25.4. The summed E-state index contributed by atoms with van der Waals surface area (Å²) >= 11 is 0. The van der Waals surface area contributed by atoms with Crippen molar-refractivity contribution in [3.05, 3.63) is 46.2 Å². The molecule has 5 nitrogen and oxygen atoms in total. The van der Waals surface area contributed by atoms with Crippen LogP contribution in [0, 0.1) is 22.5 Å². The number of carbonyl (C=O) groups is 1. The van der Waals surface area contributed by atoms with E-state index in [1.165, 1.54) is 4.90 Å². The number of piperidine rings is 1. The predicted octanol–water partition coefficient (Wildman–Crippen LogP) is 4.67. The van der Waals surface area contributed by atoms with Crippen LogP contribution in [-0.2, 0) is 11.0 Å². The lowest BCUT2D eigenvalue weighted by atomic mass is 9.85. The third-order valence-corrected chi connectivity index (χ3v) is 6.31. The summed E-state index contributed by atoms with van der Waals surface area (Å²) in [7, 11) is 0. The molecule has 1 saturated heterocycles. The number of alkyl halides is 3. The standard InChI is InChI=1S/C24H31F5N4O/c1-23(2,3)13-32-9-8-16(18(30)12-32)21(31)22(34)33-10-6-14(7-11-33)15-4-5-17(25)20(26)19(15)24(27,28)29/h4-5,14,31H,6-13,30H2,1-3H3. The second kappa shape index (κ2) is 9.64. The third kappa shape index (κ3) is 5.76. The van der Waals surface area contributed by atoms with Gasteiger partial charge in [0.25, 0.3) is 5.91 Å². The molecule has 1 amide bonds. The van der Waals surface area contributed by atoms with Crippen LogP contribution in [-0.4, -0.2) is 54.1 Å². The number of likely N-dealkylation sites (tertiary alicyclic amines) is 1. The van der Waals surface area contributed by atoms with E-state index in [9.17, 15) is 26.7 Å². The minimum absolute atomic E-state index is 0.0882. The van der Waals surface area contributed by atoms with Gasteiger partial charge in [-0.15, -0.1) is 0 Å². The molecule has 0 unspecified atom stereocenters. The number of hydrogen-bond acceptors (Lipinski definition) is 4. The summed E-state index contributed by atoms with van der Waals surface area (Å²) in [5, 5.41) is 8.40. The van der Waals surface area contributed by atoms with E-state index in [1.54, 1.807) is 0 Å². The fourth-order valence-electron chi connectivity index (χ4n) is 4.81. The summed E-state index contributed by atoms with van der Waals surface area (Å²) in [4.78, 5) is 16.5. The van der Waals surface area contributed by atoms with Crippen molar-refractivity contribution in [3.63, 3.8) is 0 Å². The van der Waals surface area contributed by atoms with E-state index in [-0.39, 0.29) is 42.6 Å². The average molecular weight is 487 g/mol. The number of hydrogen-bond donors (Lipinski definition) is 2. The van der Waals surface area contributed by atoms with Crippen LogP contribution < -0.4 is 5.73 Å². The van der Waals surface area contributed by atoms with Gasteiger partial charge in [0.1, 0.15) is 5.71 Å². The summed E-state index contributed by atoms with van der Waals surface area (Å²) in [6, 6.07) is 1.68. The Morgan fingerprint density at radius 1 is 1.12 bits per heavy atom. The summed E-state index contributed by atoms with van der Waals surface area (Å²) in [5.74, 6) is -4.63. The highest BCUT2D eigenvalue weighted by atomic mass is 19.4. The number of benzene rings is 1. The lowest BCUT2D eigenvalue weighted by Gasteiger charge is -2.36. The predicted molar refractivity (Wildman–Crippen MR) is 119 cm³/mol. The molecule has 10 heteroatoms. The summed E-state index contributed by atoms with van der Waals surface area (Å²) in [5.41, 5.74) is 5.21. The maximum atomic E-state index is 14.0. The smallest absolute Gasteiger partial charge is 0.401 e. The quantitative estimate of drug-likeness (QED) is 0.480. The molecule has 3 rings (SSSR count). The Labute approximate surface area is 196 Å². The zero-order valence-corrected chi connectivity index (χ0v) is 19.7. The van der Waals surface area contributed by atoms with Crippen LogP contribution in [0.1, 0.15) is 57.1 Å². The molecule has 0 radical (unpaired) electrons. The fourth-order valence-corrected chi connectivity index (χ4v) is 4.81. The van der Waals surface area contributed by atoms with Crippen molar-refractivity contribution in [2.45, 2.75) is 52.1 Å². The molecule has 2 heterocycles. The molecule has 1 aromatic carbocycles. The van der Waals surface area contributed by atoms with E-state index >= 15 is 0 Å². The second-order valence-corrected chi connectivity index (χ2v) is 10.3. The molecule has 0 aromatic heterocycles. The van der Waals surface area contributed by atoms with Gasteiger partial charge in [0, 0.05) is 44.0 Å². The molecule has 2 aliphatic rings. The van der Waals surface area contributed by atoms with Gasteiger partial charge < -0.3 is 10.6 Å². The number of nitrogens with zero attached hydrogens (tertiary/aromatic N) is 2. The number of carbonyl (C=O) groups excluding carboxylic acids is 1. The maximum absolute atomic E-state index is 14.0. The van der Waals surface area contributed by atoms with Crippen molar-refractivity contribution < 1.29 is 26.7 Å². The normalized spacial score (nSPS) is 19.0. The van der Waals surface area contributed by atoms with E-state index in [2.05, 4.69) is 25.7 Å². The summed E-state index contributed by atoms with van der Waals surface area (Å²) in [6.45, 7) is 8.58. The van der Waals surface area contributed by atoms with Crippen LogP contribution in [0.3, 0.4) is 0 Å². The maximum Gasteiger partial charge on any atom is 0.419 e. The number of amides is 1. The molecule has 188 valence electrons. The topological polar surface area (TPSA) is 73.4 Å². The molecule has 0 atom stereocenters.